The van der Waals surface area contributed by atoms with E-state index in [9.17, 15) is 58.2 Å². The number of hydrogen-bond donors (Lipinski definition) is 5. The molecule has 0 aromatic heterocycles. The second-order valence-corrected chi connectivity index (χ2v) is 21.5. The number of Topliss-reactive ketones (excluding diaryl/α,β-unsaturated/α-hetero) is 1. The highest BCUT2D eigenvalue weighted by atomic mass is 16.6. The van der Waals surface area contributed by atoms with Crippen molar-refractivity contribution in [2.24, 2.45) is 23.7 Å². The Morgan fingerprint density at radius 1 is 0.865 bits per heavy atom. The number of carbonyl (C=O) groups excluding carboxylic acids is 10. The van der Waals surface area contributed by atoms with E-state index in [1.54, 1.807) is 39.8 Å². The topological polar surface area (TPSA) is 279 Å². The third kappa shape index (κ3) is 15.5. The number of fused-ring (bicyclic) bond motifs is 1. The minimum absolute atomic E-state index is 0.0567. The number of nitrogens with zero attached hydrogens (tertiary/aromatic N) is 4. The minimum Gasteiger partial charge on any atom is -0.508 e. The minimum atomic E-state index is -1.75. The number of hydrogen-bond acceptors (Lipinski definition) is 14. The van der Waals surface area contributed by atoms with E-state index >= 15 is 0 Å². The van der Waals surface area contributed by atoms with Crippen LogP contribution in [0.25, 0.3) is 0 Å². The van der Waals surface area contributed by atoms with Crippen molar-refractivity contribution < 1.29 is 67.6 Å². The van der Waals surface area contributed by atoms with Crippen molar-refractivity contribution in [2.45, 2.75) is 188 Å². The van der Waals surface area contributed by atoms with Gasteiger partial charge in [0.1, 0.15) is 48.1 Å². The Morgan fingerprint density at radius 2 is 1.50 bits per heavy atom. The molecule has 21 heteroatoms. The van der Waals surface area contributed by atoms with E-state index in [2.05, 4.69) is 16.0 Å². The number of aromatic hydroxyl groups is 1. The number of cyclic esters (lactones) is 2. The van der Waals surface area contributed by atoms with Gasteiger partial charge in [0.05, 0.1) is 18.6 Å². The molecule has 0 aliphatic carbocycles. The fourth-order valence-corrected chi connectivity index (χ4v) is 9.88. The maximum atomic E-state index is 14.9. The summed E-state index contributed by atoms with van der Waals surface area (Å²) in [5.74, 6) is -9.44. The fourth-order valence-electron chi connectivity index (χ4n) is 9.88. The summed E-state index contributed by atoms with van der Waals surface area (Å²) < 4.78 is 11.8. The second-order valence-electron chi connectivity index (χ2n) is 21.5. The van der Waals surface area contributed by atoms with E-state index in [-0.39, 0.29) is 62.8 Å². The smallest absolute Gasteiger partial charge is 0.329 e. The maximum absolute atomic E-state index is 14.9. The highest BCUT2D eigenvalue weighted by molar-refractivity contribution is 6.35. The van der Waals surface area contributed by atoms with Crippen LogP contribution in [-0.4, -0.2) is 177 Å². The van der Waals surface area contributed by atoms with Gasteiger partial charge in [-0.1, -0.05) is 73.9 Å². The summed E-state index contributed by atoms with van der Waals surface area (Å²) in [6, 6.07) is -2.97. The highest BCUT2D eigenvalue weighted by Gasteiger charge is 2.45. The molecule has 412 valence electrons. The van der Waals surface area contributed by atoms with Crippen LogP contribution in [0.4, 0.5) is 0 Å². The largest absolute Gasteiger partial charge is 0.508 e. The van der Waals surface area contributed by atoms with Gasteiger partial charge in [0.25, 0.3) is 11.8 Å². The van der Waals surface area contributed by atoms with Crippen molar-refractivity contribution >= 4 is 59.1 Å². The molecule has 74 heavy (non-hydrogen) atoms. The van der Waals surface area contributed by atoms with Gasteiger partial charge in [0, 0.05) is 40.5 Å². The monoisotopic (exact) mass is 1040 g/mol. The zero-order valence-corrected chi connectivity index (χ0v) is 45.3. The Balaban J connectivity index is 1.86. The Hall–Kier alpha value is -6.12. The van der Waals surface area contributed by atoms with Crippen LogP contribution in [-0.2, 0) is 63.8 Å². The second kappa shape index (κ2) is 26.9. The number of rotatable bonds is 14. The van der Waals surface area contributed by atoms with E-state index in [1.807, 2.05) is 27.7 Å². The van der Waals surface area contributed by atoms with Crippen LogP contribution in [0.3, 0.4) is 0 Å². The lowest BCUT2D eigenvalue weighted by atomic mass is 9.92. The Morgan fingerprint density at radius 3 is 2.08 bits per heavy atom. The van der Waals surface area contributed by atoms with Crippen molar-refractivity contribution in [3.8, 4) is 5.75 Å². The molecule has 11 atom stereocenters. The number of ether oxygens (including phenoxy) is 2. The van der Waals surface area contributed by atoms with Crippen LogP contribution < -0.4 is 16.0 Å². The van der Waals surface area contributed by atoms with Crippen LogP contribution in [0.2, 0.25) is 0 Å². The number of likely N-dealkylation sites (N-methyl/N-ethyl adjacent to an activating group) is 2. The molecule has 3 fully saturated rings. The molecule has 0 spiro atoms. The molecule has 0 saturated carbocycles. The normalized spacial score (nSPS) is 26.9. The summed E-state index contributed by atoms with van der Waals surface area (Å²) in [6.45, 7) is 16.9. The molecule has 3 heterocycles. The predicted molar refractivity (Wildman–Crippen MR) is 270 cm³/mol. The lowest BCUT2D eigenvalue weighted by molar-refractivity contribution is -0.162. The Bertz CT molecular complexity index is 2200. The van der Waals surface area contributed by atoms with E-state index in [0.29, 0.717) is 24.8 Å². The molecule has 3 saturated heterocycles. The number of aliphatic hydroxyl groups is 1. The number of nitrogens with one attached hydrogen (secondary N) is 3. The predicted octanol–water partition coefficient (Wildman–Crippen LogP) is 2.02. The molecule has 1 aromatic rings. The molecular weight excluding hydrogens is 959 g/mol. The number of likely N-dealkylation sites (tertiary alicyclic amines) is 1. The average Bonchev–Trinajstić information content (AvgIpc) is 4.04. The quantitative estimate of drug-likeness (QED) is 0.132. The Labute approximate surface area is 435 Å². The summed E-state index contributed by atoms with van der Waals surface area (Å²) in [7, 11) is 2.77. The Kier molecular flexibility index (Phi) is 22.0. The lowest BCUT2D eigenvalue weighted by Gasteiger charge is -2.36. The van der Waals surface area contributed by atoms with Gasteiger partial charge in [-0.15, -0.1) is 0 Å². The van der Waals surface area contributed by atoms with Gasteiger partial charge in [-0.3, -0.25) is 43.2 Å². The van der Waals surface area contributed by atoms with Gasteiger partial charge in [0.15, 0.2) is 6.10 Å². The molecule has 0 radical (unpaired) electrons. The van der Waals surface area contributed by atoms with Crippen molar-refractivity contribution in [2.75, 3.05) is 27.2 Å². The van der Waals surface area contributed by atoms with Gasteiger partial charge in [-0.05, 0) is 86.8 Å². The highest BCUT2D eigenvalue weighted by Crippen LogP contribution is 2.27. The summed E-state index contributed by atoms with van der Waals surface area (Å²) in [6.07, 6.45) is -3.51. The first kappa shape index (κ1) is 60.4. The first-order valence-corrected chi connectivity index (χ1v) is 26.1. The van der Waals surface area contributed by atoms with Gasteiger partial charge in [-0.25, -0.2) is 4.79 Å². The average molecular weight is 1040 g/mol. The molecular formula is C53H81N7O14. The SMILES string of the molecule is CCC(C)C1NC(=O)C(NC(=O)C(CC(C)C)N(C)C(=O)C2CCCN2C(=O)C(C)=O)C(C)OC(=O)C(Cc2ccc(O)cc2)N(C)C(=O)C2CCCN2C(=O)C(CC(C)C)NC(=O)C(C(C)C)OC(=O)CC1O. The molecule has 7 amide bonds. The summed E-state index contributed by atoms with van der Waals surface area (Å²) in [4.78, 5) is 145. The van der Waals surface area contributed by atoms with E-state index in [4.69, 9.17) is 9.47 Å². The maximum Gasteiger partial charge on any atom is 0.329 e. The van der Waals surface area contributed by atoms with Gasteiger partial charge in [-0.2, -0.15) is 0 Å². The third-order valence-corrected chi connectivity index (χ3v) is 14.3. The number of phenolic OH excluding ortho intramolecular Hbond substituents is 1. The van der Waals surface area contributed by atoms with Crippen molar-refractivity contribution in [3.63, 3.8) is 0 Å². The van der Waals surface area contributed by atoms with Crippen molar-refractivity contribution in [3.05, 3.63) is 29.8 Å². The number of benzene rings is 1. The third-order valence-electron chi connectivity index (χ3n) is 14.3. The van der Waals surface area contributed by atoms with Crippen LogP contribution in [0.15, 0.2) is 24.3 Å². The first-order chi connectivity index (χ1) is 34.7. The van der Waals surface area contributed by atoms with E-state index in [0.717, 1.165) is 11.8 Å². The number of ketones is 1. The summed E-state index contributed by atoms with van der Waals surface area (Å²) >= 11 is 0. The molecule has 4 rings (SSSR count). The van der Waals surface area contributed by atoms with Gasteiger partial charge in [0.2, 0.25) is 35.3 Å². The van der Waals surface area contributed by atoms with Crippen LogP contribution >= 0.6 is 0 Å². The fraction of sp³-hybridized carbons (Fsp3) is 0.698. The van der Waals surface area contributed by atoms with E-state index in [1.165, 1.54) is 47.9 Å². The van der Waals surface area contributed by atoms with Crippen LogP contribution in [0, 0.1) is 23.7 Å². The van der Waals surface area contributed by atoms with E-state index < -0.39 is 138 Å². The molecule has 21 nitrogen and oxygen atoms in total. The molecule has 11 unspecified atom stereocenters. The van der Waals surface area contributed by atoms with Crippen LogP contribution in [0.5, 0.6) is 5.75 Å². The molecule has 1 aromatic carbocycles. The van der Waals surface area contributed by atoms with Crippen molar-refractivity contribution in [1.29, 1.82) is 0 Å². The number of phenols is 1. The number of carbonyl (C=O) groups is 10. The lowest BCUT2D eigenvalue weighted by Crippen LogP contribution is -2.62. The molecule has 3 aliphatic rings. The number of aliphatic hydroxyl groups excluding tert-OH is 1. The molecule has 0 bridgehead atoms. The van der Waals surface area contributed by atoms with Crippen LogP contribution in [0.1, 0.15) is 126 Å². The van der Waals surface area contributed by atoms with Crippen molar-refractivity contribution in [1.82, 2.24) is 35.6 Å². The zero-order valence-electron chi connectivity index (χ0n) is 45.3. The summed E-state index contributed by atoms with van der Waals surface area (Å²) in [5.41, 5.74) is 0.501. The van der Waals surface area contributed by atoms with Gasteiger partial charge >= 0.3 is 11.9 Å². The van der Waals surface area contributed by atoms with Gasteiger partial charge < -0.3 is 55.2 Å². The zero-order chi connectivity index (χ0) is 55.5. The number of esters is 2. The standard InChI is InChI=1S/C53H81N7O14/c1-13-31(8)43-41(63)27-42(64)74-45(30(6)7)48(67)54-36(24-28(2)3)50(69)60-23-15-17-38(60)52(71)58(12)40(26-34-18-20-35(62)21-19-34)53(72)73-33(10)44(47(66)55-43)56-46(65)39(25-29(4)5)57(11)51(70)37-16-14-22-59(37)49(68)32(9)61/h18-21,28-31,33,36-41,43-45,62-63H,13-17,22-27H2,1-12H3,(H,54,67)(H,55,66)(H,56,65). The summed E-state index contributed by atoms with van der Waals surface area (Å²) in [5, 5.41) is 30.1. The molecule has 3 aliphatic heterocycles. The number of amides is 7. The first-order valence-electron chi connectivity index (χ1n) is 26.1. The molecule has 5 N–H and O–H groups in total.